The summed E-state index contributed by atoms with van der Waals surface area (Å²) < 4.78 is 0. The van der Waals surface area contributed by atoms with Crippen molar-refractivity contribution in [1.29, 1.82) is 0 Å². The number of ketones is 4. The van der Waals surface area contributed by atoms with Crippen molar-refractivity contribution in [2.24, 2.45) is 0 Å². The summed E-state index contributed by atoms with van der Waals surface area (Å²) >= 11 is 0. The fourth-order valence-electron chi connectivity index (χ4n) is 3.21. The molecule has 4 nitrogen and oxygen atoms in total. The van der Waals surface area contributed by atoms with E-state index in [1.807, 2.05) is 48.5 Å². The maximum Gasteiger partial charge on any atom is 0.228 e. The van der Waals surface area contributed by atoms with Gasteiger partial charge in [-0.05, 0) is 5.56 Å². The molecule has 0 aliphatic carbocycles. The maximum atomic E-state index is 11.8. The van der Waals surface area contributed by atoms with E-state index in [2.05, 4.69) is 0 Å². The SMILES string of the molecule is O=C(CC(=O)c1ccccc1)c1ccccc1.O=C(Cc1ccccc1)C(=O)c1ccccc1. The minimum absolute atomic E-state index is 0.0754. The molecule has 0 saturated carbocycles. The molecule has 0 heterocycles. The molecule has 0 spiro atoms. The van der Waals surface area contributed by atoms with E-state index in [-0.39, 0.29) is 30.2 Å². The zero-order valence-corrected chi connectivity index (χ0v) is 18.6. The van der Waals surface area contributed by atoms with Crippen molar-refractivity contribution in [2.75, 3.05) is 0 Å². The van der Waals surface area contributed by atoms with Crippen LogP contribution in [-0.4, -0.2) is 23.1 Å². The molecule has 0 bridgehead atoms. The maximum absolute atomic E-state index is 11.8. The first-order valence-corrected chi connectivity index (χ1v) is 10.9. The third-order valence-electron chi connectivity index (χ3n) is 5.01. The van der Waals surface area contributed by atoms with Gasteiger partial charge in [0.2, 0.25) is 11.6 Å². The zero-order valence-electron chi connectivity index (χ0n) is 18.6. The van der Waals surface area contributed by atoms with Crippen molar-refractivity contribution in [1.82, 2.24) is 0 Å². The number of rotatable bonds is 8. The van der Waals surface area contributed by atoms with Gasteiger partial charge in [-0.2, -0.15) is 0 Å². The fourth-order valence-corrected chi connectivity index (χ4v) is 3.21. The Morgan fingerprint density at radius 3 is 1.21 bits per heavy atom. The number of Topliss-reactive ketones (excluding diaryl/α,β-unsaturated/α-hetero) is 4. The van der Waals surface area contributed by atoms with Crippen molar-refractivity contribution in [3.63, 3.8) is 0 Å². The van der Waals surface area contributed by atoms with Crippen LogP contribution in [-0.2, 0) is 11.2 Å². The molecule has 4 aromatic rings. The highest BCUT2D eigenvalue weighted by atomic mass is 16.2. The van der Waals surface area contributed by atoms with E-state index >= 15 is 0 Å². The molecular weight excluding hydrogens is 424 g/mol. The lowest BCUT2D eigenvalue weighted by molar-refractivity contribution is -0.114. The third kappa shape index (κ3) is 7.31. The van der Waals surface area contributed by atoms with E-state index in [1.165, 1.54) is 0 Å². The molecule has 0 atom stereocenters. The second kappa shape index (κ2) is 12.6. The molecular formula is C30H24O4. The minimum Gasteiger partial charge on any atom is -0.294 e. The van der Waals surface area contributed by atoms with Crippen LogP contribution in [0.25, 0.3) is 0 Å². The van der Waals surface area contributed by atoms with Crippen LogP contribution in [0.15, 0.2) is 121 Å². The Hall–Kier alpha value is -4.44. The normalized spacial score (nSPS) is 9.88. The first-order chi connectivity index (χ1) is 16.5. The van der Waals surface area contributed by atoms with E-state index in [0.717, 1.165) is 5.56 Å². The van der Waals surface area contributed by atoms with Crippen LogP contribution in [0.5, 0.6) is 0 Å². The van der Waals surface area contributed by atoms with Crippen molar-refractivity contribution < 1.29 is 19.2 Å². The molecule has 0 fully saturated rings. The standard InChI is InChI=1S/2C15H12O2/c16-14(12-7-3-1-4-8-12)11-15(17)13-9-5-2-6-10-13;16-14(11-12-7-3-1-4-8-12)15(17)13-9-5-2-6-10-13/h2*1-10H,11H2. The molecule has 0 N–H and O–H groups in total. The molecule has 0 aliphatic heterocycles. The van der Waals surface area contributed by atoms with Gasteiger partial charge in [-0.25, -0.2) is 0 Å². The van der Waals surface area contributed by atoms with E-state index in [4.69, 9.17) is 0 Å². The molecule has 0 aliphatic rings. The number of carbonyl (C=O) groups excluding carboxylic acids is 4. The summed E-state index contributed by atoms with van der Waals surface area (Å²) in [5.74, 6) is -1.07. The Balaban J connectivity index is 0.000000191. The number of carbonyl (C=O) groups is 4. The summed E-state index contributed by atoms with van der Waals surface area (Å²) in [6.45, 7) is 0. The molecule has 0 aromatic heterocycles. The zero-order chi connectivity index (χ0) is 24.2. The Labute approximate surface area is 198 Å². The molecule has 0 unspecified atom stereocenters. The van der Waals surface area contributed by atoms with Crippen LogP contribution in [0, 0.1) is 0 Å². The number of benzene rings is 4. The highest BCUT2D eigenvalue weighted by Crippen LogP contribution is 2.09. The molecule has 0 saturated heterocycles. The van der Waals surface area contributed by atoms with Gasteiger partial charge in [0, 0.05) is 23.1 Å². The molecule has 4 heteroatoms. The van der Waals surface area contributed by atoms with Crippen molar-refractivity contribution in [2.45, 2.75) is 12.8 Å². The van der Waals surface area contributed by atoms with Crippen LogP contribution in [0.4, 0.5) is 0 Å². The van der Waals surface area contributed by atoms with Gasteiger partial charge in [0.25, 0.3) is 0 Å². The second-order valence-electron chi connectivity index (χ2n) is 7.54. The van der Waals surface area contributed by atoms with Crippen molar-refractivity contribution >= 4 is 23.1 Å². The molecule has 0 radical (unpaired) electrons. The molecule has 34 heavy (non-hydrogen) atoms. The molecule has 0 amide bonds. The first-order valence-electron chi connectivity index (χ1n) is 10.9. The minimum atomic E-state index is -0.422. The predicted molar refractivity (Wildman–Crippen MR) is 132 cm³/mol. The van der Waals surface area contributed by atoms with Crippen LogP contribution in [0.3, 0.4) is 0 Å². The second-order valence-corrected chi connectivity index (χ2v) is 7.54. The van der Waals surface area contributed by atoms with E-state index in [1.54, 1.807) is 72.8 Å². The van der Waals surface area contributed by atoms with Crippen LogP contribution >= 0.6 is 0 Å². The predicted octanol–water partition coefficient (Wildman–Crippen LogP) is 5.82. The van der Waals surface area contributed by atoms with Gasteiger partial charge in [0.1, 0.15) is 0 Å². The summed E-state index contributed by atoms with van der Waals surface area (Å²) in [6.07, 6.45) is 0.0859. The Morgan fingerprint density at radius 2 is 0.794 bits per heavy atom. The largest absolute Gasteiger partial charge is 0.294 e. The quantitative estimate of drug-likeness (QED) is 0.193. The molecule has 168 valence electrons. The summed E-state index contributed by atoms with van der Waals surface area (Å²) in [7, 11) is 0. The number of hydrogen-bond donors (Lipinski definition) is 0. The van der Waals surface area contributed by atoms with E-state index in [0.29, 0.717) is 16.7 Å². The molecule has 4 aromatic carbocycles. The van der Waals surface area contributed by atoms with Crippen LogP contribution < -0.4 is 0 Å². The topological polar surface area (TPSA) is 68.3 Å². The summed E-state index contributed by atoms with van der Waals surface area (Å²) in [4.78, 5) is 47.2. The average Bonchev–Trinajstić information content (AvgIpc) is 2.90. The smallest absolute Gasteiger partial charge is 0.228 e. The molecule has 4 rings (SSSR count). The average molecular weight is 449 g/mol. The number of hydrogen-bond acceptors (Lipinski definition) is 4. The van der Waals surface area contributed by atoms with Gasteiger partial charge < -0.3 is 0 Å². The lowest BCUT2D eigenvalue weighted by Crippen LogP contribution is -2.16. The highest BCUT2D eigenvalue weighted by Gasteiger charge is 2.16. The first kappa shape index (κ1) is 24.2. The van der Waals surface area contributed by atoms with Gasteiger partial charge >= 0.3 is 0 Å². The van der Waals surface area contributed by atoms with Gasteiger partial charge in [0.05, 0.1) is 6.42 Å². The Kier molecular flexibility index (Phi) is 8.94. The lowest BCUT2D eigenvalue weighted by atomic mass is 10.0. The van der Waals surface area contributed by atoms with E-state index < -0.39 is 5.78 Å². The van der Waals surface area contributed by atoms with Crippen molar-refractivity contribution in [3.05, 3.63) is 144 Å². The van der Waals surface area contributed by atoms with E-state index in [9.17, 15) is 19.2 Å². The van der Waals surface area contributed by atoms with Crippen molar-refractivity contribution in [3.8, 4) is 0 Å². The summed E-state index contributed by atoms with van der Waals surface area (Å²) in [6, 6.07) is 35.7. The van der Waals surface area contributed by atoms with Crippen LogP contribution in [0.1, 0.15) is 43.1 Å². The lowest BCUT2D eigenvalue weighted by Gasteiger charge is -2.00. The fraction of sp³-hybridized carbons (Fsp3) is 0.0667. The van der Waals surface area contributed by atoms with Gasteiger partial charge in [-0.3, -0.25) is 19.2 Å². The Morgan fingerprint density at radius 1 is 0.441 bits per heavy atom. The highest BCUT2D eigenvalue weighted by molar-refractivity contribution is 6.44. The van der Waals surface area contributed by atoms with Gasteiger partial charge in [-0.1, -0.05) is 121 Å². The third-order valence-corrected chi connectivity index (χ3v) is 5.01. The van der Waals surface area contributed by atoms with Gasteiger partial charge in [0.15, 0.2) is 11.6 Å². The summed E-state index contributed by atoms with van der Waals surface area (Å²) in [5.41, 5.74) is 2.48. The van der Waals surface area contributed by atoms with Gasteiger partial charge in [-0.15, -0.1) is 0 Å². The summed E-state index contributed by atoms with van der Waals surface area (Å²) in [5, 5.41) is 0. The Bertz CT molecular complexity index is 1180. The van der Waals surface area contributed by atoms with Crippen LogP contribution in [0.2, 0.25) is 0 Å². The monoisotopic (exact) mass is 448 g/mol.